The van der Waals surface area contributed by atoms with E-state index < -0.39 is 0 Å². The second-order valence-electron chi connectivity index (χ2n) is 4.66. The molecule has 0 aromatic heterocycles. The second kappa shape index (κ2) is 13.5. The van der Waals surface area contributed by atoms with E-state index >= 15 is 0 Å². The summed E-state index contributed by atoms with van der Waals surface area (Å²) < 4.78 is 0. The van der Waals surface area contributed by atoms with E-state index in [4.69, 9.17) is 0 Å². The van der Waals surface area contributed by atoms with Gasteiger partial charge >= 0.3 is 0 Å². The molecule has 0 rings (SSSR count). The Hall–Kier alpha value is 0.440. The third kappa shape index (κ3) is 10.9. The molecule has 2 heteroatoms. The van der Waals surface area contributed by atoms with Crippen LogP contribution >= 0.6 is 15.9 Å². The lowest BCUT2D eigenvalue weighted by Crippen LogP contribution is -2.29. The van der Waals surface area contributed by atoms with Gasteiger partial charge in [0.05, 0.1) is 0 Å². The van der Waals surface area contributed by atoms with E-state index in [0.717, 1.165) is 11.4 Å². The minimum Gasteiger partial charge on any atom is -0.314 e. The van der Waals surface area contributed by atoms with Crippen LogP contribution in [0.5, 0.6) is 0 Å². The van der Waals surface area contributed by atoms with Crippen molar-refractivity contribution < 1.29 is 0 Å². The lowest BCUT2D eigenvalue weighted by molar-refractivity contribution is 0.470. The smallest absolute Gasteiger partial charge is 0.00723 e. The third-order valence-corrected chi connectivity index (χ3v) is 3.62. The summed E-state index contributed by atoms with van der Waals surface area (Å²) in [6, 6.07) is 0.722. The zero-order valence-electron chi connectivity index (χ0n) is 11.2. The molecule has 1 N–H and O–H groups in total. The highest BCUT2D eigenvalue weighted by Crippen LogP contribution is 2.07. The Labute approximate surface area is 111 Å². The number of hydrogen-bond acceptors (Lipinski definition) is 1. The Balaban J connectivity index is 3.12. The summed E-state index contributed by atoms with van der Waals surface area (Å²) in [5, 5.41) is 4.76. The average Bonchev–Trinajstić information content (AvgIpc) is 2.31. The number of halogens is 1. The molecule has 0 saturated carbocycles. The summed E-state index contributed by atoms with van der Waals surface area (Å²) in [5.74, 6) is 0. The Morgan fingerprint density at radius 2 is 1.56 bits per heavy atom. The summed E-state index contributed by atoms with van der Waals surface area (Å²) in [7, 11) is 0. The molecular weight excluding hydrogens is 262 g/mol. The lowest BCUT2D eigenvalue weighted by Gasteiger charge is -2.15. The fraction of sp³-hybridized carbons (Fsp3) is 1.00. The van der Waals surface area contributed by atoms with Gasteiger partial charge in [0, 0.05) is 11.4 Å². The van der Waals surface area contributed by atoms with Gasteiger partial charge in [-0.05, 0) is 25.8 Å². The van der Waals surface area contributed by atoms with Crippen molar-refractivity contribution in [1.29, 1.82) is 0 Å². The molecule has 0 aliphatic heterocycles. The monoisotopic (exact) mass is 291 g/mol. The van der Waals surface area contributed by atoms with Crippen LogP contribution in [-0.4, -0.2) is 17.9 Å². The van der Waals surface area contributed by atoms with Crippen molar-refractivity contribution in [1.82, 2.24) is 5.32 Å². The largest absolute Gasteiger partial charge is 0.314 e. The minimum atomic E-state index is 0.722. The van der Waals surface area contributed by atoms with Gasteiger partial charge < -0.3 is 5.32 Å². The first-order chi connectivity index (χ1) is 7.85. The van der Waals surface area contributed by atoms with Crippen LogP contribution in [0.3, 0.4) is 0 Å². The van der Waals surface area contributed by atoms with Crippen LogP contribution in [0, 0.1) is 0 Å². The quantitative estimate of drug-likeness (QED) is 0.399. The van der Waals surface area contributed by atoms with Gasteiger partial charge in [-0.15, -0.1) is 0 Å². The van der Waals surface area contributed by atoms with E-state index in [-0.39, 0.29) is 0 Å². The molecular formula is C14H30BrN. The molecule has 1 nitrogen and oxygen atoms in total. The zero-order valence-corrected chi connectivity index (χ0v) is 12.8. The first kappa shape index (κ1) is 16.4. The highest BCUT2D eigenvalue weighted by atomic mass is 79.9. The minimum absolute atomic E-state index is 0.722. The van der Waals surface area contributed by atoms with E-state index in [1.807, 2.05) is 0 Å². The molecule has 0 spiro atoms. The summed E-state index contributed by atoms with van der Waals surface area (Å²) in [5.41, 5.74) is 0. The molecule has 98 valence electrons. The first-order valence-electron chi connectivity index (χ1n) is 7.14. The molecule has 0 aromatic carbocycles. The number of rotatable bonds is 12. The van der Waals surface area contributed by atoms with E-state index in [9.17, 15) is 0 Å². The van der Waals surface area contributed by atoms with Crippen molar-refractivity contribution in [3.63, 3.8) is 0 Å². The van der Waals surface area contributed by atoms with Crippen LogP contribution in [0.25, 0.3) is 0 Å². The Morgan fingerprint density at radius 1 is 0.938 bits per heavy atom. The van der Waals surface area contributed by atoms with Gasteiger partial charge in [-0.1, -0.05) is 68.3 Å². The number of alkyl halides is 1. The standard InChI is InChI=1S/C14H30BrN/c1-3-5-6-7-8-9-10-13-16-14(4-2)11-12-15/h14,16H,3-13H2,1-2H3. The van der Waals surface area contributed by atoms with Gasteiger partial charge in [-0.2, -0.15) is 0 Å². The highest BCUT2D eigenvalue weighted by Gasteiger charge is 2.02. The molecule has 0 aliphatic carbocycles. The molecule has 1 atom stereocenters. The van der Waals surface area contributed by atoms with E-state index in [1.54, 1.807) is 0 Å². The normalized spacial score (nSPS) is 12.9. The van der Waals surface area contributed by atoms with Crippen LogP contribution in [0.15, 0.2) is 0 Å². The van der Waals surface area contributed by atoms with Crippen LogP contribution in [0.4, 0.5) is 0 Å². The van der Waals surface area contributed by atoms with Crippen LogP contribution in [0.1, 0.15) is 71.6 Å². The van der Waals surface area contributed by atoms with Gasteiger partial charge in [-0.3, -0.25) is 0 Å². The van der Waals surface area contributed by atoms with Gasteiger partial charge in [0.1, 0.15) is 0 Å². The maximum Gasteiger partial charge on any atom is 0.00723 e. The van der Waals surface area contributed by atoms with Crippen molar-refractivity contribution in [3.8, 4) is 0 Å². The van der Waals surface area contributed by atoms with Crippen molar-refractivity contribution in [2.45, 2.75) is 77.7 Å². The average molecular weight is 292 g/mol. The summed E-state index contributed by atoms with van der Waals surface area (Å²) in [6.07, 6.45) is 12.3. The molecule has 0 aromatic rings. The molecule has 0 bridgehead atoms. The van der Waals surface area contributed by atoms with Crippen LogP contribution in [-0.2, 0) is 0 Å². The Morgan fingerprint density at radius 3 is 2.12 bits per heavy atom. The molecule has 0 aliphatic rings. The number of nitrogens with one attached hydrogen (secondary N) is 1. The van der Waals surface area contributed by atoms with Gasteiger partial charge in [0.25, 0.3) is 0 Å². The molecule has 0 amide bonds. The van der Waals surface area contributed by atoms with E-state index in [0.29, 0.717) is 0 Å². The summed E-state index contributed by atoms with van der Waals surface area (Å²) in [6.45, 7) is 5.75. The van der Waals surface area contributed by atoms with Gasteiger partial charge in [-0.25, -0.2) is 0 Å². The zero-order chi connectivity index (χ0) is 12.1. The Bertz CT molecular complexity index is 128. The third-order valence-electron chi connectivity index (χ3n) is 3.16. The van der Waals surface area contributed by atoms with Crippen molar-refractivity contribution in [3.05, 3.63) is 0 Å². The highest BCUT2D eigenvalue weighted by molar-refractivity contribution is 9.09. The maximum atomic E-state index is 3.64. The molecule has 0 fully saturated rings. The lowest BCUT2D eigenvalue weighted by atomic mass is 10.1. The second-order valence-corrected chi connectivity index (χ2v) is 5.45. The first-order valence-corrected chi connectivity index (χ1v) is 8.26. The Kier molecular flexibility index (Phi) is 13.9. The van der Waals surface area contributed by atoms with Crippen molar-refractivity contribution in [2.75, 3.05) is 11.9 Å². The van der Waals surface area contributed by atoms with E-state index in [2.05, 4.69) is 35.1 Å². The molecule has 1 unspecified atom stereocenters. The van der Waals surface area contributed by atoms with Crippen molar-refractivity contribution >= 4 is 15.9 Å². The number of unbranched alkanes of at least 4 members (excludes halogenated alkanes) is 6. The van der Waals surface area contributed by atoms with Gasteiger partial charge in [0.15, 0.2) is 0 Å². The maximum absolute atomic E-state index is 3.64. The van der Waals surface area contributed by atoms with Crippen molar-refractivity contribution in [2.24, 2.45) is 0 Å². The fourth-order valence-electron chi connectivity index (χ4n) is 1.97. The predicted octanol–water partition coefficient (Wildman–Crippen LogP) is 4.89. The van der Waals surface area contributed by atoms with E-state index in [1.165, 1.54) is 64.3 Å². The molecule has 0 saturated heterocycles. The van der Waals surface area contributed by atoms with Crippen LogP contribution in [0.2, 0.25) is 0 Å². The SMILES string of the molecule is CCCCCCCCCNC(CC)CCBr. The summed E-state index contributed by atoms with van der Waals surface area (Å²) >= 11 is 3.51. The summed E-state index contributed by atoms with van der Waals surface area (Å²) in [4.78, 5) is 0. The molecule has 0 radical (unpaired) electrons. The topological polar surface area (TPSA) is 12.0 Å². The predicted molar refractivity (Wildman–Crippen MR) is 78.5 cm³/mol. The fourth-order valence-corrected chi connectivity index (χ4v) is 2.52. The number of hydrogen-bond donors (Lipinski definition) is 1. The van der Waals surface area contributed by atoms with Crippen LogP contribution < -0.4 is 5.32 Å². The van der Waals surface area contributed by atoms with Gasteiger partial charge in [0.2, 0.25) is 0 Å². The molecule has 0 heterocycles. The molecule has 16 heavy (non-hydrogen) atoms.